The number of ether oxygens (including phenoxy) is 1. The van der Waals surface area contributed by atoms with Gasteiger partial charge in [0.1, 0.15) is 5.60 Å². The Morgan fingerprint density at radius 2 is 2.10 bits per heavy atom. The molecule has 1 saturated heterocycles. The second-order valence-electron chi connectivity index (χ2n) is 5.30. The van der Waals surface area contributed by atoms with Gasteiger partial charge in [-0.15, -0.1) is 0 Å². The summed E-state index contributed by atoms with van der Waals surface area (Å²) >= 11 is 0. The van der Waals surface area contributed by atoms with Crippen molar-refractivity contribution in [2.24, 2.45) is 5.92 Å². The third-order valence-corrected chi connectivity index (χ3v) is 4.11. The van der Waals surface area contributed by atoms with Crippen molar-refractivity contribution in [1.82, 2.24) is 5.06 Å². The van der Waals surface area contributed by atoms with Gasteiger partial charge in [0.2, 0.25) is 0 Å². The van der Waals surface area contributed by atoms with Crippen LogP contribution in [0.3, 0.4) is 0 Å². The largest absolute Gasteiger partial charge is 0.454 e. The van der Waals surface area contributed by atoms with Crippen molar-refractivity contribution in [2.75, 3.05) is 20.2 Å². The first-order valence-corrected chi connectivity index (χ1v) is 7.18. The Bertz CT molecular complexity index is 448. The normalized spacial score (nSPS) is 27.2. The molecule has 1 aliphatic rings. The summed E-state index contributed by atoms with van der Waals surface area (Å²) in [5.41, 5.74) is 0.536. The second-order valence-corrected chi connectivity index (χ2v) is 5.30. The molecule has 0 radical (unpaired) electrons. The van der Waals surface area contributed by atoms with Crippen LogP contribution in [0.15, 0.2) is 30.3 Å². The number of hydrogen-bond donors (Lipinski definition) is 0. The highest BCUT2D eigenvalue weighted by molar-refractivity contribution is 5.69. The summed E-state index contributed by atoms with van der Waals surface area (Å²) in [6.45, 7) is 5.45. The van der Waals surface area contributed by atoms with E-state index in [4.69, 9.17) is 9.57 Å². The molecule has 0 bridgehead atoms. The predicted molar refractivity (Wildman–Crippen MR) is 76.9 cm³/mol. The predicted octanol–water partition coefficient (Wildman–Crippen LogP) is 2.74. The maximum Gasteiger partial charge on any atom is 0.306 e. The van der Waals surface area contributed by atoms with E-state index in [1.807, 2.05) is 42.3 Å². The lowest BCUT2D eigenvalue weighted by Gasteiger charge is -2.45. The highest BCUT2D eigenvalue weighted by atomic mass is 16.7. The first kappa shape index (κ1) is 15.0. The molecule has 20 heavy (non-hydrogen) atoms. The molecule has 0 saturated carbocycles. The van der Waals surface area contributed by atoms with Gasteiger partial charge in [0.15, 0.2) is 0 Å². The number of piperidine rings is 1. The molecule has 0 spiro atoms. The maximum atomic E-state index is 11.9. The van der Waals surface area contributed by atoms with Gasteiger partial charge in [-0.1, -0.05) is 44.2 Å². The Morgan fingerprint density at radius 1 is 1.40 bits per heavy atom. The topological polar surface area (TPSA) is 38.8 Å². The molecule has 2 atom stereocenters. The van der Waals surface area contributed by atoms with Gasteiger partial charge in [-0.05, 0) is 5.56 Å². The minimum atomic E-state index is -0.538. The van der Waals surface area contributed by atoms with Crippen LogP contribution in [0.25, 0.3) is 0 Å². The average Bonchev–Trinajstić information content (AvgIpc) is 2.50. The fourth-order valence-electron chi connectivity index (χ4n) is 2.88. The molecule has 1 aliphatic heterocycles. The lowest BCUT2D eigenvalue weighted by Crippen LogP contribution is -2.50. The maximum absolute atomic E-state index is 11.9. The quantitative estimate of drug-likeness (QED) is 0.793. The van der Waals surface area contributed by atoms with E-state index in [1.165, 1.54) is 0 Å². The molecule has 0 aliphatic carbocycles. The Kier molecular flexibility index (Phi) is 4.78. The Labute approximate surface area is 120 Å². The van der Waals surface area contributed by atoms with Gasteiger partial charge in [-0.25, -0.2) is 0 Å². The van der Waals surface area contributed by atoms with Crippen LogP contribution < -0.4 is 0 Å². The lowest BCUT2D eigenvalue weighted by molar-refractivity contribution is -0.212. The Balaban J connectivity index is 2.32. The van der Waals surface area contributed by atoms with Gasteiger partial charge in [0.25, 0.3) is 0 Å². The first-order valence-electron chi connectivity index (χ1n) is 7.18. The molecule has 1 fully saturated rings. The molecular formula is C16H23NO3. The Morgan fingerprint density at radius 3 is 2.65 bits per heavy atom. The summed E-state index contributed by atoms with van der Waals surface area (Å²) in [6, 6.07) is 10.1. The molecule has 110 valence electrons. The van der Waals surface area contributed by atoms with Crippen LogP contribution in [0.5, 0.6) is 0 Å². The van der Waals surface area contributed by atoms with E-state index in [0.717, 1.165) is 25.1 Å². The standard InChI is InChI=1S/C16H23NO3/c1-4-15(18)20-16(14-8-6-5-7-9-14)10-11-17(19-3)12-13(16)2/h5-9,13H,4,10-12H2,1-3H3/t13-,16+/m1/s1. The lowest BCUT2D eigenvalue weighted by atomic mass is 9.77. The number of carbonyl (C=O) groups excluding carboxylic acids is 1. The van der Waals surface area contributed by atoms with Crippen molar-refractivity contribution in [2.45, 2.75) is 32.3 Å². The number of nitrogens with zero attached hydrogens (tertiary/aromatic N) is 1. The van der Waals surface area contributed by atoms with Gasteiger partial charge in [0, 0.05) is 31.8 Å². The monoisotopic (exact) mass is 277 g/mol. The van der Waals surface area contributed by atoms with E-state index < -0.39 is 5.60 Å². The smallest absolute Gasteiger partial charge is 0.306 e. The average molecular weight is 277 g/mol. The zero-order valence-corrected chi connectivity index (χ0v) is 12.5. The third-order valence-electron chi connectivity index (χ3n) is 4.11. The van der Waals surface area contributed by atoms with Crippen molar-refractivity contribution >= 4 is 5.97 Å². The van der Waals surface area contributed by atoms with Crippen molar-refractivity contribution in [3.8, 4) is 0 Å². The van der Waals surface area contributed by atoms with Crippen molar-refractivity contribution < 1.29 is 14.4 Å². The molecule has 4 heteroatoms. The summed E-state index contributed by atoms with van der Waals surface area (Å²) in [6.07, 6.45) is 1.15. The van der Waals surface area contributed by atoms with E-state index in [-0.39, 0.29) is 11.9 Å². The number of rotatable bonds is 4. The third kappa shape index (κ3) is 2.86. The zero-order valence-electron chi connectivity index (χ0n) is 12.5. The highest BCUT2D eigenvalue weighted by Gasteiger charge is 2.45. The SMILES string of the molecule is CCC(=O)O[C@@]1(c2ccccc2)CCN(OC)C[C@H]1C. The second kappa shape index (κ2) is 6.37. The number of carbonyl (C=O) groups is 1. The minimum Gasteiger partial charge on any atom is -0.454 e. The summed E-state index contributed by atoms with van der Waals surface area (Å²) in [5.74, 6) is 0.0284. The van der Waals surface area contributed by atoms with Gasteiger partial charge in [-0.3, -0.25) is 4.79 Å². The van der Waals surface area contributed by atoms with Crippen LogP contribution in [0.1, 0.15) is 32.3 Å². The molecule has 1 heterocycles. The van der Waals surface area contributed by atoms with Crippen LogP contribution in [0.4, 0.5) is 0 Å². The number of benzene rings is 1. The fourth-order valence-corrected chi connectivity index (χ4v) is 2.88. The molecule has 0 aromatic heterocycles. The Hall–Kier alpha value is -1.39. The van der Waals surface area contributed by atoms with Crippen LogP contribution in [0.2, 0.25) is 0 Å². The van der Waals surface area contributed by atoms with Crippen molar-refractivity contribution in [1.29, 1.82) is 0 Å². The van der Waals surface area contributed by atoms with Gasteiger partial charge in [0.05, 0.1) is 7.11 Å². The molecule has 0 unspecified atom stereocenters. The summed E-state index contributed by atoms with van der Waals surface area (Å²) in [5, 5.41) is 1.92. The van der Waals surface area contributed by atoms with Gasteiger partial charge >= 0.3 is 5.97 Å². The molecule has 2 rings (SSSR count). The fraction of sp³-hybridized carbons (Fsp3) is 0.562. The molecule has 1 aromatic rings. The van der Waals surface area contributed by atoms with E-state index in [0.29, 0.717) is 6.42 Å². The number of esters is 1. The molecular weight excluding hydrogens is 254 g/mol. The molecule has 1 aromatic carbocycles. The minimum absolute atomic E-state index is 0.147. The van der Waals surface area contributed by atoms with Crippen molar-refractivity contribution in [3.63, 3.8) is 0 Å². The molecule has 0 amide bonds. The van der Waals surface area contributed by atoms with Gasteiger partial charge in [-0.2, -0.15) is 5.06 Å². The van der Waals surface area contributed by atoms with Gasteiger partial charge < -0.3 is 9.57 Å². The van der Waals surface area contributed by atoms with Crippen LogP contribution in [-0.2, 0) is 20.0 Å². The summed E-state index contributed by atoms with van der Waals surface area (Å²) < 4.78 is 5.90. The highest BCUT2D eigenvalue weighted by Crippen LogP contribution is 2.41. The van der Waals surface area contributed by atoms with Crippen LogP contribution >= 0.6 is 0 Å². The van der Waals surface area contributed by atoms with Crippen LogP contribution in [0, 0.1) is 5.92 Å². The first-order chi connectivity index (χ1) is 9.62. The van der Waals surface area contributed by atoms with Crippen LogP contribution in [-0.4, -0.2) is 31.2 Å². The summed E-state index contributed by atoms with van der Waals surface area (Å²) in [4.78, 5) is 17.2. The van der Waals surface area contributed by atoms with E-state index in [1.54, 1.807) is 7.11 Å². The zero-order chi connectivity index (χ0) is 14.6. The number of hydroxylamine groups is 2. The van der Waals surface area contributed by atoms with Crippen molar-refractivity contribution in [3.05, 3.63) is 35.9 Å². The molecule has 0 N–H and O–H groups in total. The van der Waals surface area contributed by atoms with E-state index >= 15 is 0 Å². The molecule has 4 nitrogen and oxygen atoms in total. The van der Waals surface area contributed by atoms with E-state index in [2.05, 4.69) is 6.92 Å². The number of hydrogen-bond acceptors (Lipinski definition) is 4. The summed E-state index contributed by atoms with van der Waals surface area (Å²) in [7, 11) is 1.68. The van der Waals surface area contributed by atoms with E-state index in [9.17, 15) is 4.79 Å².